The van der Waals surface area contributed by atoms with Gasteiger partial charge in [-0.25, -0.2) is 0 Å². The summed E-state index contributed by atoms with van der Waals surface area (Å²) in [4.78, 5) is 0. The molecule has 0 spiro atoms. The lowest BCUT2D eigenvalue weighted by atomic mass is 10.1. The predicted octanol–water partition coefficient (Wildman–Crippen LogP) is 4.12. The molecule has 0 aromatic heterocycles. The molecular weight excluding hydrogens is 220 g/mol. The molecule has 0 amide bonds. The Bertz CT molecular complexity index is 377. The van der Waals surface area contributed by atoms with Gasteiger partial charge in [0, 0.05) is 0 Å². The SMILES string of the molecule is Cc1ccccc1C.Cl.Oc1ccccc1. The van der Waals surface area contributed by atoms with Crippen LogP contribution in [0.15, 0.2) is 54.6 Å². The van der Waals surface area contributed by atoms with Crippen LogP contribution < -0.4 is 0 Å². The van der Waals surface area contributed by atoms with Gasteiger partial charge in [-0.2, -0.15) is 0 Å². The fourth-order valence-electron chi connectivity index (χ4n) is 1.09. The van der Waals surface area contributed by atoms with Gasteiger partial charge in [-0.05, 0) is 37.1 Å². The largest absolute Gasteiger partial charge is 0.508 e. The summed E-state index contributed by atoms with van der Waals surface area (Å²) in [7, 11) is 0. The maximum atomic E-state index is 8.63. The molecule has 0 aliphatic carbocycles. The van der Waals surface area contributed by atoms with E-state index in [1.807, 2.05) is 6.07 Å². The molecule has 0 saturated heterocycles. The third-order valence-electron chi connectivity index (χ3n) is 2.18. The second-order valence-corrected chi connectivity index (χ2v) is 3.42. The Balaban J connectivity index is 0.000000267. The van der Waals surface area contributed by atoms with E-state index in [0.29, 0.717) is 5.75 Å². The standard InChI is InChI=1S/C8H10.C6H6O.ClH/c1-7-5-3-4-6-8(7)2;7-6-4-2-1-3-5-6;/h3-6H,1-2H3;1-5,7H;1H. The summed E-state index contributed by atoms with van der Waals surface area (Å²) >= 11 is 0. The van der Waals surface area contributed by atoms with Gasteiger partial charge in [0.25, 0.3) is 0 Å². The Morgan fingerprint density at radius 3 is 1.31 bits per heavy atom. The van der Waals surface area contributed by atoms with Gasteiger partial charge >= 0.3 is 0 Å². The van der Waals surface area contributed by atoms with Crippen molar-refractivity contribution in [3.05, 3.63) is 65.7 Å². The van der Waals surface area contributed by atoms with Crippen LogP contribution in [0.1, 0.15) is 11.1 Å². The van der Waals surface area contributed by atoms with Crippen molar-refractivity contribution >= 4 is 12.4 Å². The molecule has 0 aliphatic heterocycles. The van der Waals surface area contributed by atoms with Gasteiger partial charge in [0.1, 0.15) is 5.75 Å². The second-order valence-electron chi connectivity index (χ2n) is 3.42. The van der Waals surface area contributed by atoms with E-state index in [-0.39, 0.29) is 12.4 Å². The summed E-state index contributed by atoms with van der Waals surface area (Å²) in [6.45, 7) is 4.24. The number of aromatic hydroxyl groups is 1. The fourth-order valence-corrected chi connectivity index (χ4v) is 1.09. The molecular formula is C14H17ClO. The van der Waals surface area contributed by atoms with Crippen molar-refractivity contribution < 1.29 is 5.11 Å². The van der Waals surface area contributed by atoms with Crippen LogP contribution in [0.3, 0.4) is 0 Å². The van der Waals surface area contributed by atoms with Crippen LogP contribution in [-0.4, -0.2) is 5.11 Å². The van der Waals surface area contributed by atoms with Crippen molar-refractivity contribution in [3.8, 4) is 5.75 Å². The number of para-hydroxylation sites is 1. The molecule has 0 bridgehead atoms. The van der Waals surface area contributed by atoms with Gasteiger partial charge in [-0.1, -0.05) is 42.5 Å². The first-order valence-corrected chi connectivity index (χ1v) is 4.96. The summed E-state index contributed by atoms with van der Waals surface area (Å²) in [5.74, 6) is 0.322. The minimum absolute atomic E-state index is 0. The number of rotatable bonds is 0. The number of phenols is 1. The Hall–Kier alpha value is -1.47. The fraction of sp³-hybridized carbons (Fsp3) is 0.143. The maximum Gasteiger partial charge on any atom is 0.115 e. The molecule has 0 radical (unpaired) electrons. The van der Waals surface area contributed by atoms with E-state index in [2.05, 4.69) is 38.1 Å². The van der Waals surface area contributed by atoms with E-state index in [4.69, 9.17) is 5.11 Å². The zero-order valence-electron chi connectivity index (χ0n) is 9.55. The van der Waals surface area contributed by atoms with Crippen molar-refractivity contribution in [2.24, 2.45) is 0 Å². The molecule has 2 aromatic rings. The molecule has 86 valence electrons. The smallest absolute Gasteiger partial charge is 0.115 e. The van der Waals surface area contributed by atoms with Crippen molar-refractivity contribution in [1.82, 2.24) is 0 Å². The van der Waals surface area contributed by atoms with Gasteiger partial charge < -0.3 is 5.11 Å². The molecule has 1 nitrogen and oxygen atoms in total. The molecule has 0 aliphatic rings. The van der Waals surface area contributed by atoms with Gasteiger partial charge in [0.15, 0.2) is 0 Å². The average Bonchev–Trinajstić information content (AvgIpc) is 2.25. The number of halogens is 1. The predicted molar refractivity (Wildman–Crippen MR) is 71.3 cm³/mol. The average molecular weight is 237 g/mol. The first-order chi connectivity index (χ1) is 7.20. The van der Waals surface area contributed by atoms with Gasteiger partial charge in [0.2, 0.25) is 0 Å². The Morgan fingerprint density at radius 1 is 0.688 bits per heavy atom. The highest BCUT2D eigenvalue weighted by molar-refractivity contribution is 5.85. The zero-order valence-corrected chi connectivity index (χ0v) is 10.4. The van der Waals surface area contributed by atoms with Crippen LogP contribution in [0.5, 0.6) is 5.75 Å². The lowest BCUT2D eigenvalue weighted by Gasteiger charge is -1.93. The van der Waals surface area contributed by atoms with Crippen LogP contribution in [0.4, 0.5) is 0 Å². The molecule has 0 heterocycles. The summed E-state index contributed by atoms with van der Waals surface area (Å²) in [5, 5.41) is 8.63. The van der Waals surface area contributed by atoms with E-state index in [9.17, 15) is 0 Å². The maximum absolute atomic E-state index is 8.63. The highest BCUT2D eigenvalue weighted by Gasteiger charge is 1.83. The lowest BCUT2D eigenvalue weighted by molar-refractivity contribution is 0.475. The zero-order chi connectivity index (χ0) is 11.1. The monoisotopic (exact) mass is 236 g/mol. The molecule has 1 N–H and O–H groups in total. The Labute approximate surface area is 103 Å². The highest BCUT2D eigenvalue weighted by Crippen LogP contribution is 2.03. The van der Waals surface area contributed by atoms with E-state index < -0.39 is 0 Å². The molecule has 0 saturated carbocycles. The number of aryl methyl sites for hydroxylation is 2. The Kier molecular flexibility index (Phi) is 7.06. The van der Waals surface area contributed by atoms with Crippen molar-refractivity contribution in [3.63, 3.8) is 0 Å². The van der Waals surface area contributed by atoms with Crippen LogP contribution in [0, 0.1) is 13.8 Å². The summed E-state index contributed by atoms with van der Waals surface area (Å²) in [6.07, 6.45) is 0. The summed E-state index contributed by atoms with van der Waals surface area (Å²) < 4.78 is 0. The lowest BCUT2D eigenvalue weighted by Crippen LogP contribution is -1.74. The van der Waals surface area contributed by atoms with Gasteiger partial charge in [0.05, 0.1) is 0 Å². The number of hydrogen-bond donors (Lipinski definition) is 1. The molecule has 0 unspecified atom stereocenters. The second kappa shape index (κ2) is 7.77. The molecule has 2 rings (SSSR count). The summed E-state index contributed by atoms with van der Waals surface area (Å²) in [6, 6.07) is 17.1. The molecule has 0 atom stereocenters. The topological polar surface area (TPSA) is 20.2 Å². The van der Waals surface area contributed by atoms with Crippen molar-refractivity contribution in [2.45, 2.75) is 13.8 Å². The highest BCUT2D eigenvalue weighted by atomic mass is 35.5. The molecule has 2 heteroatoms. The van der Waals surface area contributed by atoms with Gasteiger partial charge in [-0.3, -0.25) is 0 Å². The first kappa shape index (κ1) is 14.5. The molecule has 0 fully saturated rings. The number of benzene rings is 2. The third-order valence-corrected chi connectivity index (χ3v) is 2.18. The van der Waals surface area contributed by atoms with E-state index in [0.717, 1.165) is 0 Å². The molecule has 2 aromatic carbocycles. The number of hydrogen-bond acceptors (Lipinski definition) is 1. The van der Waals surface area contributed by atoms with Crippen LogP contribution >= 0.6 is 12.4 Å². The van der Waals surface area contributed by atoms with E-state index >= 15 is 0 Å². The quantitative estimate of drug-likeness (QED) is 0.730. The van der Waals surface area contributed by atoms with Crippen LogP contribution in [0.2, 0.25) is 0 Å². The normalized spacial score (nSPS) is 8.38. The van der Waals surface area contributed by atoms with Crippen molar-refractivity contribution in [1.29, 1.82) is 0 Å². The minimum Gasteiger partial charge on any atom is -0.508 e. The van der Waals surface area contributed by atoms with E-state index in [1.165, 1.54) is 11.1 Å². The van der Waals surface area contributed by atoms with Crippen LogP contribution in [-0.2, 0) is 0 Å². The minimum atomic E-state index is 0. The third kappa shape index (κ3) is 5.42. The van der Waals surface area contributed by atoms with E-state index in [1.54, 1.807) is 24.3 Å². The van der Waals surface area contributed by atoms with Crippen LogP contribution in [0.25, 0.3) is 0 Å². The summed E-state index contributed by atoms with van der Waals surface area (Å²) in [5.41, 5.74) is 2.74. The van der Waals surface area contributed by atoms with Crippen molar-refractivity contribution in [2.75, 3.05) is 0 Å². The van der Waals surface area contributed by atoms with Gasteiger partial charge in [-0.15, -0.1) is 12.4 Å². The molecule has 16 heavy (non-hydrogen) atoms. The number of phenolic OH excluding ortho intramolecular Hbond substituents is 1. The first-order valence-electron chi connectivity index (χ1n) is 4.96. The Morgan fingerprint density at radius 2 is 1.06 bits per heavy atom.